The van der Waals surface area contributed by atoms with Gasteiger partial charge in [0, 0.05) is 38.5 Å². The number of nitrogens with two attached hydrogens (primary N) is 1. The third kappa shape index (κ3) is 12.8. The highest BCUT2D eigenvalue weighted by molar-refractivity contribution is 5.45. The number of rotatable bonds is 21. The van der Waals surface area contributed by atoms with E-state index < -0.39 is 5.60 Å². The summed E-state index contributed by atoms with van der Waals surface area (Å²) < 4.78 is 29.0. The summed E-state index contributed by atoms with van der Waals surface area (Å²) in [4.78, 5) is 0. The Balaban J connectivity index is 1.48. The minimum Gasteiger partial charge on any atom is -0.490 e. The predicted molar refractivity (Wildman–Crippen MR) is 157 cm³/mol. The first-order valence-electron chi connectivity index (χ1n) is 13.9. The van der Waals surface area contributed by atoms with Crippen molar-refractivity contribution in [3.05, 3.63) is 90.0 Å². The van der Waals surface area contributed by atoms with E-state index in [1.165, 1.54) is 11.1 Å². The molecule has 0 aliphatic carbocycles. The topological polar surface area (TPSA) is 104 Å². The van der Waals surface area contributed by atoms with E-state index in [2.05, 4.69) is 29.6 Å². The minimum absolute atomic E-state index is 0.117. The van der Waals surface area contributed by atoms with Crippen LogP contribution in [-0.4, -0.2) is 76.6 Å². The van der Waals surface area contributed by atoms with Crippen LogP contribution in [0.3, 0.4) is 0 Å². The van der Waals surface area contributed by atoms with Crippen molar-refractivity contribution in [1.82, 2.24) is 5.32 Å². The second-order valence-corrected chi connectivity index (χ2v) is 9.75. The lowest BCUT2D eigenvalue weighted by Gasteiger charge is -2.24. The van der Waals surface area contributed by atoms with Gasteiger partial charge in [-0.2, -0.15) is 0 Å². The van der Waals surface area contributed by atoms with Crippen molar-refractivity contribution in [3.63, 3.8) is 0 Å². The standard InChI is InChI=1S/C32H44N2O6/c1-32(35,25-34-17-21-37-23-22-36-20-16-33)26-40-29-12-13-30(38-18-14-27-8-4-2-5-9-27)31(24-29)39-19-15-28-10-6-3-7-11-28/h2-13,24,34-35H,14-23,25-26,33H2,1H3. The highest BCUT2D eigenvalue weighted by atomic mass is 16.5. The average Bonchev–Trinajstić information content (AvgIpc) is 2.97. The molecule has 0 radical (unpaired) electrons. The van der Waals surface area contributed by atoms with Crippen LogP contribution in [0.5, 0.6) is 17.2 Å². The van der Waals surface area contributed by atoms with Crippen LogP contribution in [-0.2, 0) is 22.3 Å². The number of ether oxygens (including phenoxy) is 5. The first kappa shape index (κ1) is 31.4. The molecule has 0 saturated heterocycles. The van der Waals surface area contributed by atoms with E-state index in [0.29, 0.717) is 76.5 Å². The van der Waals surface area contributed by atoms with Crippen LogP contribution < -0.4 is 25.3 Å². The molecular formula is C32H44N2O6. The molecule has 8 heteroatoms. The summed E-state index contributed by atoms with van der Waals surface area (Å²) in [5.41, 5.74) is 6.73. The van der Waals surface area contributed by atoms with Crippen LogP contribution in [0.2, 0.25) is 0 Å². The van der Waals surface area contributed by atoms with Crippen molar-refractivity contribution >= 4 is 0 Å². The third-order valence-corrected chi connectivity index (χ3v) is 6.01. The second kappa shape index (κ2) is 18.3. The molecule has 0 heterocycles. The first-order chi connectivity index (χ1) is 19.6. The molecule has 0 aromatic heterocycles. The van der Waals surface area contributed by atoms with Crippen LogP contribution >= 0.6 is 0 Å². The van der Waals surface area contributed by atoms with Crippen LogP contribution in [0.1, 0.15) is 18.1 Å². The van der Waals surface area contributed by atoms with Crippen LogP contribution in [0.15, 0.2) is 78.9 Å². The maximum absolute atomic E-state index is 10.8. The zero-order valence-electron chi connectivity index (χ0n) is 23.6. The van der Waals surface area contributed by atoms with Crippen molar-refractivity contribution < 1.29 is 28.8 Å². The first-order valence-corrected chi connectivity index (χ1v) is 13.9. The van der Waals surface area contributed by atoms with Crippen molar-refractivity contribution in [3.8, 4) is 17.2 Å². The third-order valence-electron chi connectivity index (χ3n) is 6.01. The molecule has 3 rings (SSSR count). The molecule has 0 saturated carbocycles. The van der Waals surface area contributed by atoms with Gasteiger partial charge in [0.15, 0.2) is 11.5 Å². The van der Waals surface area contributed by atoms with Gasteiger partial charge in [-0.25, -0.2) is 0 Å². The molecule has 0 bridgehead atoms. The molecule has 8 nitrogen and oxygen atoms in total. The maximum atomic E-state index is 10.8. The van der Waals surface area contributed by atoms with Crippen molar-refractivity contribution in [2.24, 2.45) is 5.73 Å². The molecule has 0 aliphatic rings. The molecule has 1 atom stereocenters. The van der Waals surface area contributed by atoms with E-state index in [1.807, 2.05) is 54.6 Å². The Morgan fingerprint density at radius 1 is 0.700 bits per heavy atom. The Morgan fingerprint density at radius 2 is 1.30 bits per heavy atom. The molecule has 3 aromatic carbocycles. The van der Waals surface area contributed by atoms with Gasteiger partial charge in [0.25, 0.3) is 0 Å². The molecule has 1 unspecified atom stereocenters. The average molecular weight is 553 g/mol. The highest BCUT2D eigenvalue weighted by Crippen LogP contribution is 2.32. The lowest BCUT2D eigenvalue weighted by Crippen LogP contribution is -2.43. The van der Waals surface area contributed by atoms with Gasteiger partial charge in [-0.3, -0.25) is 0 Å². The summed E-state index contributed by atoms with van der Waals surface area (Å²) in [5.74, 6) is 1.89. The number of benzene rings is 3. The van der Waals surface area contributed by atoms with Gasteiger partial charge in [-0.15, -0.1) is 0 Å². The summed E-state index contributed by atoms with van der Waals surface area (Å²) in [5, 5.41) is 14.0. The molecule has 0 fully saturated rings. The van der Waals surface area contributed by atoms with E-state index in [-0.39, 0.29) is 6.61 Å². The number of hydrogen-bond donors (Lipinski definition) is 3. The smallest absolute Gasteiger partial charge is 0.164 e. The largest absolute Gasteiger partial charge is 0.490 e. The van der Waals surface area contributed by atoms with Crippen LogP contribution in [0.4, 0.5) is 0 Å². The fraction of sp³-hybridized carbons (Fsp3) is 0.438. The van der Waals surface area contributed by atoms with Crippen molar-refractivity contribution in [1.29, 1.82) is 0 Å². The quantitative estimate of drug-likeness (QED) is 0.172. The number of nitrogens with one attached hydrogen (secondary N) is 1. The summed E-state index contributed by atoms with van der Waals surface area (Å²) in [6.45, 7) is 6.48. The van der Waals surface area contributed by atoms with Gasteiger partial charge in [0.2, 0.25) is 0 Å². The van der Waals surface area contributed by atoms with Crippen LogP contribution in [0.25, 0.3) is 0 Å². The summed E-state index contributed by atoms with van der Waals surface area (Å²) in [6, 6.07) is 26.0. The SMILES string of the molecule is CC(O)(CNCCOCCOCCN)COc1ccc(OCCc2ccccc2)c(OCCc2ccccc2)c1. The Kier molecular flexibility index (Phi) is 14.3. The van der Waals surface area contributed by atoms with Crippen molar-refractivity contribution in [2.45, 2.75) is 25.4 Å². The molecule has 40 heavy (non-hydrogen) atoms. The van der Waals surface area contributed by atoms with Gasteiger partial charge in [0.05, 0.1) is 39.6 Å². The molecule has 218 valence electrons. The predicted octanol–water partition coefficient (Wildman–Crippen LogP) is 3.64. The fourth-order valence-corrected chi connectivity index (χ4v) is 3.85. The van der Waals surface area contributed by atoms with Gasteiger partial charge in [-0.1, -0.05) is 60.7 Å². The monoisotopic (exact) mass is 552 g/mol. The lowest BCUT2D eigenvalue weighted by atomic mass is 10.1. The van der Waals surface area contributed by atoms with Gasteiger partial charge >= 0.3 is 0 Å². The van der Waals surface area contributed by atoms with E-state index in [1.54, 1.807) is 6.92 Å². The van der Waals surface area contributed by atoms with Crippen LogP contribution in [0, 0.1) is 0 Å². The van der Waals surface area contributed by atoms with Gasteiger partial charge in [0.1, 0.15) is 18.0 Å². The summed E-state index contributed by atoms with van der Waals surface area (Å²) >= 11 is 0. The van der Waals surface area contributed by atoms with Gasteiger partial charge in [-0.05, 0) is 30.2 Å². The summed E-state index contributed by atoms with van der Waals surface area (Å²) in [7, 11) is 0. The molecule has 0 aliphatic heterocycles. The fourth-order valence-electron chi connectivity index (χ4n) is 3.85. The van der Waals surface area contributed by atoms with Crippen molar-refractivity contribution in [2.75, 3.05) is 65.9 Å². The molecule has 4 N–H and O–H groups in total. The zero-order valence-corrected chi connectivity index (χ0v) is 23.6. The van der Waals surface area contributed by atoms with Gasteiger partial charge < -0.3 is 39.8 Å². The molecule has 3 aromatic rings. The normalized spacial score (nSPS) is 12.6. The Hall–Kier alpha value is -3.14. The van der Waals surface area contributed by atoms with E-state index >= 15 is 0 Å². The Morgan fingerprint density at radius 3 is 1.93 bits per heavy atom. The highest BCUT2D eigenvalue weighted by Gasteiger charge is 2.21. The summed E-state index contributed by atoms with van der Waals surface area (Å²) in [6.07, 6.45) is 1.58. The van der Waals surface area contributed by atoms with E-state index in [4.69, 9.17) is 29.4 Å². The van der Waals surface area contributed by atoms with E-state index in [0.717, 1.165) is 12.8 Å². The number of hydrogen-bond acceptors (Lipinski definition) is 8. The molecular weight excluding hydrogens is 508 g/mol. The second-order valence-electron chi connectivity index (χ2n) is 9.75. The molecule has 0 amide bonds. The Bertz CT molecular complexity index is 1070. The minimum atomic E-state index is -1.07. The molecule has 0 spiro atoms. The Labute approximate surface area is 238 Å². The lowest BCUT2D eigenvalue weighted by molar-refractivity contribution is 0.00914. The number of aliphatic hydroxyl groups is 1. The zero-order chi connectivity index (χ0) is 28.3. The van der Waals surface area contributed by atoms with E-state index in [9.17, 15) is 5.11 Å². The maximum Gasteiger partial charge on any atom is 0.164 e.